The Morgan fingerprint density at radius 2 is 2.29 bits per heavy atom. The third kappa shape index (κ3) is 4.33. The number of amides is 1. The Bertz CT molecular complexity index is 592. The Balaban J connectivity index is 0.00000220. The van der Waals surface area contributed by atoms with Crippen molar-refractivity contribution in [2.24, 2.45) is 0 Å². The molecule has 0 unspecified atom stereocenters. The van der Waals surface area contributed by atoms with Gasteiger partial charge in [0, 0.05) is 45.7 Å². The second-order valence-electron chi connectivity index (χ2n) is 4.30. The number of hydrogen-bond donors (Lipinski definition) is 0. The molecular formula is C16H15ClNO2Y-. The van der Waals surface area contributed by atoms with E-state index in [0.29, 0.717) is 30.2 Å². The van der Waals surface area contributed by atoms with Crippen LogP contribution in [0, 0.1) is 18.4 Å². The maximum absolute atomic E-state index is 11.9. The molecule has 2 rings (SSSR count). The number of ether oxygens (including phenoxy) is 1. The maximum Gasteiger partial charge on any atom is 0.223 e. The first-order valence-electron chi connectivity index (χ1n) is 6.44. The molecule has 0 fully saturated rings. The minimum atomic E-state index is 0. The molecule has 107 valence electrons. The van der Waals surface area contributed by atoms with E-state index < -0.39 is 0 Å². The van der Waals surface area contributed by atoms with Crippen molar-refractivity contribution < 1.29 is 42.2 Å². The molecule has 5 heteroatoms. The van der Waals surface area contributed by atoms with Gasteiger partial charge in [-0.25, -0.2) is 6.08 Å². The first-order valence-corrected chi connectivity index (χ1v) is 6.82. The van der Waals surface area contributed by atoms with Gasteiger partial charge in [-0.2, -0.15) is 0 Å². The number of rotatable bonds is 4. The zero-order chi connectivity index (χ0) is 14.5. The van der Waals surface area contributed by atoms with Crippen LogP contribution in [0.15, 0.2) is 18.2 Å². The van der Waals surface area contributed by atoms with E-state index in [1.807, 2.05) is 13.0 Å². The number of halogens is 1. The minimum absolute atomic E-state index is 0. The molecule has 0 aromatic heterocycles. The minimum Gasteiger partial charge on any atom is -0.481 e. The van der Waals surface area contributed by atoms with Crippen molar-refractivity contribution in [3.05, 3.63) is 34.9 Å². The van der Waals surface area contributed by atoms with Crippen LogP contribution < -0.4 is 4.74 Å². The van der Waals surface area contributed by atoms with Gasteiger partial charge in [0.1, 0.15) is 12.4 Å². The topological polar surface area (TPSA) is 29.5 Å². The summed E-state index contributed by atoms with van der Waals surface area (Å²) in [6.45, 7) is 2.74. The van der Waals surface area contributed by atoms with Gasteiger partial charge >= 0.3 is 0 Å². The van der Waals surface area contributed by atoms with Crippen LogP contribution in [0.5, 0.6) is 5.75 Å². The number of benzene rings is 1. The molecule has 0 aliphatic carbocycles. The van der Waals surface area contributed by atoms with E-state index in [2.05, 4.69) is 12.0 Å². The molecule has 1 amide bonds. The second-order valence-corrected chi connectivity index (χ2v) is 4.71. The molecule has 0 bridgehead atoms. The number of terminal acetylenes is 1. The van der Waals surface area contributed by atoms with E-state index in [-0.39, 0.29) is 45.2 Å². The summed E-state index contributed by atoms with van der Waals surface area (Å²) in [6, 6.07) is 5.33. The zero-order valence-corrected chi connectivity index (χ0v) is 15.5. The molecule has 1 heterocycles. The molecule has 1 aromatic rings. The second kappa shape index (κ2) is 8.58. The van der Waals surface area contributed by atoms with Crippen molar-refractivity contribution in [3.63, 3.8) is 0 Å². The predicted molar refractivity (Wildman–Crippen MR) is 79.1 cm³/mol. The molecular weight excluding hydrogens is 363 g/mol. The van der Waals surface area contributed by atoms with Crippen LogP contribution >= 0.6 is 11.6 Å². The summed E-state index contributed by atoms with van der Waals surface area (Å²) in [5, 5.41) is 0.523. The van der Waals surface area contributed by atoms with Gasteiger partial charge in [-0.15, -0.1) is 41.8 Å². The predicted octanol–water partition coefficient (Wildman–Crippen LogP) is 3.14. The average Bonchev–Trinajstić information content (AvgIpc) is 2.45. The van der Waals surface area contributed by atoms with E-state index >= 15 is 0 Å². The van der Waals surface area contributed by atoms with Crippen molar-refractivity contribution in [2.75, 3.05) is 13.2 Å². The molecule has 0 spiro atoms. The molecule has 1 radical (unpaired) electrons. The Morgan fingerprint density at radius 3 is 2.90 bits per heavy atom. The Kier molecular flexibility index (Phi) is 7.45. The van der Waals surface area contributed by atoms with Gasteiger partial charge in [0.2, 0.25) is 5.91 Å². The molecule has 0 N–H and O–H groups in total. The van der Waals surface area contributed by atoms with Crippen LogP contribution in [0.3, 0.4) is 0 Å². The zero-order valence-electron chi connectivity index (χ0n) is 11.9. The molecule has 3 nitrogen and oxygen atoms in total. The molecule has 0 atom stereocenters. The van der Waals surface area contributed by atoms with Crippen LogP contribution in [0.1, 0.15) is 25.3 Å². The van der Waals surface area contributed by atoms with Crippen molar-refractivity contribution in [1.82, 2.24) is 4.90 Å². The fraction of sp³-hybridized carbons (Fsp3) is 0.312. The summed E-state index contributed by atoms with van der Waals surface area (Å²) in [5.41, 5.74) is 1.53. The largest absolute Gasteiger partial charge is 0.481 e. The molecule has 21 heavy (non-hydrogen) atoms. The van der Waals surface area contributed by atoms with Crippen LogP contribution in [-0.4, -0.2) is 24.0 Å². The average molecular weight is 378 g/mol. The monoisotopic (exact) mass is 377 g/mol. The van der Waals surface area contributed by atoms with Gasteiger partial charge in [0.25, 0.3) is 0 Å². The third-order valence-electron chi connectivity index (χ3n) is 3.04. The standard InChI is InChI=1S/C16H15ClNO2.Y/c1-3-10-20-12-8-9-13(14(17)11-12)15-6-5-7-16(19)18(15)4-2;/h1,8-9,11H,4-5,7,10H2,2H3;/q-1;. The smallest absolute Gasteiger partial charge is 0.223 e. The van der Waals surface area contributed by atoms with E-state index in [0.717, 1.165) is 11.3 Å². The number of nitrogens with zero attached hydrogens (tertiary/aromatic N) is 1. The molecule has 0 saturated heterocycles. The van der Waals surface area contributed by atoms with E-state index in [9.17, 15) is 4.79 Å². The summed E-state index contributed by atoms with van der Waals surface area (Å²) in [7, 11) is 0. The van der Waals surface area contributed by atoms with Crippen LogP contribution in [0.4, 0.5) is 0 Å². The molecule has 1 aliphatic heterocycles. The van der Waals surface area contributed by atoms with Crippen LogP contribution in [0.2, 0.25) is 5.02 Å². The van der Waals surface area contributed by atoms with Gasteiger partial charge in [0.05, 0.1) is 0 Å². The summed E-state index contributed by atoms with van der Waals surface area (Å²) < 4.78 is 5.32. The van der Waals surface area contributed by atoms with Crippen molar-refractivity contribution in [1.29, 1.82) is 0 Å². The van der Waals surface area contributed by atoms with Gasteiger partial charge in [-0.3, -0.25) is 4.79 Å². The number of allylic oxidation sites excluding steroid dienone is 1. The SMILES string of the molecule is C#CCOc1ccc(C2=[C-]CCC(=O)N2CC)c(Cl)c1.[Y]. The maximum atomic E-state index is 11.9. The first kappa shape index (κ1) is 18.2. The molecule has 1 aromatic carbocycles. The normalized spacial score (nSPS) is 14.0. The number of carbonyl (C=O) groups is 1. The summed E-state index contributed by atoms with van der Waals surface area (Å²) >= 11 is 6.28. The first-order chi connectivity index (χ1) is 9.67. The molecule has 0 saturated carbocycles. The molecule has 1 aliphatic rings. The van der Waals surface area contributed by atoms with Crippen LogP contribution in [0.25, 0.3) is 5.70 Å². The van der Waals surface area contributed by atoms with E-state index in [1.165, 1.54) is 0 Å². The third-order valence-corrected chi connectivity index (χ3v) is 3.35. The van der Waals surface area contributed by atoms with Crippen LogP contribution in [-0.2, 0) is 37.5 Å². The van der Waals surface area contributed by atoms with Crippen molar-refractivity contribution >= 4 is 23.2 Å². The fourth-order valence-electron chi connectivity index (χ4n) is 2.12. The summed E-state index contributed by atoms with van der Waals surface area (Å²) in [5.74, 6) is 3.12. The van der Waals surface area contributed by atoms with Gasteiger partial charge < -0.3 is 9.64 Å². The Hall–Kier alpha value is -0.816. The quantitative estimate of drug-likeness (QED) is 0.596. The van der Waals surface area contributed by atoms with Gasteiger partial charge in [-0.05, 0) is 24.1 Å². The van der Waals surface area contributed by atoms with E-state index in [4.69, 9.17) is 22.8 Å². The Labute approximate surface area is 155 Å². The summed E-state index contributed by atoms with van der Waals surface area (Å²) in [4.78, 5) is 13.6. The van der Waals surface area contributed by atoms with Gasteiger partial charge in [-0.1, -0.05) is 5.92 Å². The van der Waals surface area contributed by atoms with E-state index in [1.54, 1.807) is 17.0 Å². The number of hydrogen-bond acceptors (Lipinski definition) is 2. The van der Waals surface area contributed by atoms with Crippen molar-refractivity contribution in [2.45, 2.75) is 19.8 Å². The Morgan fingerprint density at radius 1 is 1.52 bits per heavy atom. The summed E-state index contributed by atoms with van der Waals surface area (Å²) in [6.07, 6.45) is 9.50. The fourth-order valence-corrected chi connectivity index (χ4v) is 2.38. The van der Waals surface area contributed by atoms with Gasteiger partial charge in [0.15, 0.2) is 0 Å². The van der Waals surface area contributed by atoms with Crippen molar-refractivity contribution in [3.8, 4) is 18.1 Å². The number of carbonyl (C=O) groups excluding carboxylic acids is 1.